The van der Waals surface area contributed by atoms with Crippen LogP contribution in [0.2, 0.25) is 0 Å². The van der Waals surface area contributed by atoms with Crippen LogP contribution in [0.3, 0.4) is 0 Å². The molecule has 1 fully saturated rings. The molecule has 68 valence electrons. The molecule has 0 aromatic rings. The molecule has 0 atom stereocenters. The lowest BCUT2D eigenvalue weighted by Crippen LogP contribution is -2.15. The van der Waals surface area contributed by atoms with Crippen molar-refractivity contribution in [1.82, 2.24) is 0 Å². The molecule has 1 heterocycles. The number of hydrogen-bond donors (Lipinski definition) is 0. The van der Waals surface area contributed by atoms with Crippen LogP contribution in [-0.4, -0.2) is 31.0 Å². The molecule has 1 saturated heterocycles. The highest BCUT2D eigenvalue weighted by molar-refractivity contribution is 7.99. The smallest absolute Gasteiger partial charge is 0.0922 e. The SMILES string of the molecule is C1CSCO1.COC(C)(C)C. The first-order valence-electron chi connectivity index (χ1n) is 3.77. The number of hydrogen-bond acceptors (Lipinski definition) is 3. The molecule has 0 bridgehead atoms. The summed E-state index contributed by atoms with van der Waals surface area (Å²) in [6.07, 6.45) is 0. The Morgan fingerprint density at radius 3 is 2.00 bits per heavy atom. The number of rotatable bonds is 0. The molecule has 0 amide bonds. The lowest BCUT2D eigenvalue weighted by Gasteiger charge is -2.14. The lowest BCUT2D eigenvalue weighted by atomic mass is 10.2. The fourth-order valence-electron chi connectivity index (χ4n) is 0.295. The molecule has 0 N–H and O–H groups in total. The molecule has 1 aliphatic heterocycles. The van der Waals surface area contributed by atoms with Gasteiger partial charge in [0.05, 0.1) is 18.1 Å². The molecule has 0 spiro atoms. The molecular formula is C8H18O2S. The molecule has 0 aromatic carbocycles. The summed E-state index contributed by atoms with van der Waals surface area (Å²) >= 11 is 1.85. The summed E-state index contributed by atoms with van der Waals surface area (Å²) in [6.45, 7) is 7.03. The van der Waals surface area contributed by atoms with E-state index in [0.717, 1.165) is 12.5 Å². The Hall–Kier alpha value is 0.270. The zero-order valence-corrected chi connectivity index (χ0v) is 8.66. The predicted octanol–water partition coefficient (Wildman–Crippen LogP) is 2.14. The van der Waals surface area contributed by atoms with E-state index in [-0.39, 0.29) is 5.60 Å². The Kier molecular flexibility index (Phi) is 6.01. The van der Waals surface area contributed by atoms with Crippen LogP contribution in [0, 0.1) is 0 Å². The van der Waals surface area contributed by atoms with Crippen LogP contribution in [-0.2, 0) is 9.47 Å². The predicted molar refractivity (Wildman–Crippen MR) is 50.0 cm³/mol. The van der Waals surface area contributed by atoms with Crippen molar-refractivity contribution in [2.24, 2.45) is 0 Å². The largest absolute Gasteiger partial charge is 0.379 e. The number of methoxy groups -OCH3 is 1. The molecule has 2 nitrogen and oxygen atoms in total. The zero-order valence-electron chi connectivity index (χ0n) is 7.85. The van der Waals surface area contributed by atoms with E-state index in [1.54, 1.807) is 7.11 Å². The summed E-state index contributed by atoms with van der Waals surface area (Å²) in [6, 6.07) is 0. The van der Waals surface area contributed by atoms with Gasteiger partial charge in [-0.1, -0.05) is 0 Å². The van der Waals surface area contributed by atoms with Crippen LogP contribution < -0.4 is 0 Å². The monoisotopic (exact) mass is 178 g/mol. The molecule has 0 radical (unpaired) electrons. The molecule has 0 aromatic heterocycles. The standard InChI is InChI=1S/C5H12O.C3H6OS/c1-5(2,3)6-4;1-2-5-3-4-1/h1-4H3;1-3H2. The van der Waals surface area contributed by atoms with E-state index in [0.29, 0.717) is 0 Å². The van der Waals surface area contributed by atoms with E-state index < -0.39 is 0 Å². The minimum atomic E-state index is 0.0417. The lowest BCUT2D eigenvalue weighted by molar-refractivity contribution is 0.0397. The van der Waals surface area contributed by atoms with Crippen molar-refractivity contribution in [2.45, 2.75) is 26.4 Å². The summed E-state index contributed by atoms with van der Waals surface area (Å²) in [4.78, 5) is 0. The van der Waals surface area contributed by atoms with E-state index in [1.807, 2.05) is 32.5 Å². The van der Waals surface area contributed by atoms with Gasteiger partial charge in [0.25, 0.3) is 0 Å². The van der Waals surface area contributed by atoms with E-state index in [9.17, 15) is 0 Å². The maximum Gasteiger partial charge on any atom is 0.0922 e. The quantitative estimate of drug-likeness (QED) is 0.566. The first-order chi connectivity index (χ1) is 5.06. The van der Waals surface area contributed by atoms with Crippen LogP contribution in [0.4, 0.5) is 0 Å². The van der Waals surface area contributed by atoms with Crippen molar-refractivity contribution in [2.75, 3.05) is 25.4 Å². The third-order valence-electron chi connectivity index (χ3n) is 1.15. The maximum absolute atomic E-state index is 4.94. The maximum atomic E-state index is 4.94. The van der Waals surface area contributed by atoms with Crippen molar-refractivity contribution < 1.29 is 9.47 Å². The number of thioether (sulfide) groups is 1. The van der Waals surface area contributed by atoms with Crippen molar-refractivity contribution in [1.29, 1.82) is 0 Å². The number of ether oxygens (including phenoxy) is 2. The zero-order chi connectivity index (χ0) is 8.74. The molecule has 0 unspecified atom stereocenters. The first kappa shape index (κ1) is 11.3. The van der Waals surface area contributed by atoms with Gasteiger partial charge in [0.2, 0.25) is 0 Å². The van der Waals surface area contributed by atoms with Crippen molar-refractivity contribution in [3.05, 3.63) is 0 Å². The topological polar surface area (TPSA) is 18.5 Å². The van der Waals surface area contributed by atoms with Gasteiger partial charge in [0.1, 0.15) is 0 Å². The van der Waals surface area contributed by atoms with Gasteiger partial charge in [0, 0.05) is 12.9 Å². The van der Waals surface area contributed by atoms with E-state index in [2.05, 4.69) is 0 Å². The second kappa shape index (κ2) is 5.86. The van der Waals surface area contributed by atoms with Gasteiger partial charge in [-0.05, 0) is 20.8 Å². The van der Waals surface area contributed by atoms with Crippen molar-refractivity contribution in [3.63, 3.8) is 0 Å². The Morgan fingerprint density at radius 1 is 1.36 bits per heavy atom. The normalized spacial score (nSPS) is 17.5. The average Bonchev–Trinajstić information content (AvgIpc) is 2.41. The highest BCUT2D eigenvalue weighted by Crippen LogP contribution is 2.06. The van der Waals surface area contributed by atoms with Crippen LogP contribution in [0.25, 0.3) is 0 Å². The van der Waals surface area contributed by atoms with Gasteiger partial charge >= 0.3 is 0 Å². The minimum absolute atomic E-state index is 0.0417. The third-order valence-corrected chi connectivity index (χ3v) is 1.94. The fourth-order valence-corrected chi connectivity index (χ4v) is 0.884. The molecule has 0 saturated carbocycles. The molecule has 3 heteroatoms. The second-order valence-electron chi connectivity index (χ2n) is 3.25. The summed E-state index contributed by atoms with van der Waals surface area (Å²) < 4.78 is 9.84. The van der Waals surface area contributed by atoms with Gasteiger partial charge in [-0.2, -0.15) is 0 Å². The Bertz CT molecular complexity index is 77.0. The molecular weight excluding hydrogens is 160 g/mol. The van der Waals surface area contributed by atoms with Crippen LogP contribution in [0.5, 0.6) is 0 Å². The van der Waals surface area contributed by atoms with Crippen LogP contribution in [0.15, 0.2) is 0 Å². The minimum Gasteiger partial charge on any atom is -0.379 e. The molecule has 1 rings (SSSR count). The van der Waals surface area contributed by atoms with Gasteiger partial charge in [-0.25, -0.2) is 0 Å². The fraction of sp³-hybridized carbons (Fsp3) is 1.00. The second-order valence-corrected chi connectivity index (χ2v) is 4.30. The average molecular weight is 178 g/mol. The third kappa shape index (κ3) is 10.3. The van der Waals surface area contributed by atoms with Crippen LogP contribution >= 0.6 is 11.8 Å². The highest BCUT2D eigenvalue weighted by Gasteiger charge is 2.04. The van der Waals surface area contributed by atoms with Crippen LogP contribution in [0.1, 0.15) is 20.8 Å². The van der Waals surface area contributed by atoms with Gasteiger partial charge < -0.3 is 9.47 Å². The molecule has 1 aliphatic rings. The summed E-state index contributed by atoms with van der Waals surface area (Å²) in [5.41, 5.74) is 0.0417. The molecule has 11 heavy (non-hydrogen) atoms. The molecule has 0 aliphatic carbocycles. The first-order valence-corrected chi connectivity index (χ1v) is 4.92. The Labute approximate surface area is 73.6 Å². The highest BCUT2D eigenvalue weighted by atomic mass is 32.2. The van der Waals surface area contributed by atoms with Crippen molar-refractivity contribution >= 4 is 11.8 Å². The summed E-state index contributed by atoms with van der Waals surface area (Å²) in [5, 5.41) is 0. The van der Waals surface area contributed by atoms with E-state index in [1.165, 1.54) is 5.75 Å². The Morgan fingerprint density at radius 2 is 1.91 bits per heavy atom. The summed E-state index contributed by atoms with van der Waals surface area (Å²) in [7, 11) is 1.71. The van der Waals surface area contributed by atoms with Gasteiger partial charge in [0.15, 0.2) is 0 Å². The van der Waals surface area contributed by atoms with Gasteiger partial charge in [-0.15, -0.1) is 11.8 Å². The Balaban J connectivity index is 0.000000183. The van der Waals surface area contributed by atoms with Crippen molar-refractivity contribution in [3.8, 4) is 0 Å². The summed E-state index contributed by atoms with van der Waals surface area (Å²) in [5.74, 6) is 2.11. The van der Waals surface area contributed by atoms with E-state index >= 15 is 0 Å². The van der Waals surface area contributed by atoms with E-state index in [4.69, 9.17) is 9.47 Å². The van der Waals surface area contributed by atoms with Gasteiger partial charge in [-0.3, -0.25) is 0 Å².